The highest BCUT2D eigenvalue weighted by Gasteiger charge is 2.03. The van der Waals surface area contributed by atoms with Gasteiger partial charge in [-0.1, -0.05) is 12.1 Å². The van der Waals surface area contributed by atoms with Gasteiger partial charge in [-0.2, -0.15) is 0 Å². The molecule has 1 aromatic carbocycles. The number of rotatable bonds is 1. The zero-order valence-electron chi connectivity index (χ0n) is 6.99. The molecule has 13 heavy (non-hydrogen) atoms. The van der Waals surface area contributed by atoms with Crippen molar-refractivity contribution in [1.29, 1.82) is 0 Å². The number of benzene rings is 1. The Bertz CT molecular complexity index is 457. The van der Waals surface area contributed by atoms with Crippen molar-refractivity contribution in [2.45, 2.75) is 0 Å². The molecule has 2 rings (SSSR count). The minimum atomic E-state index is 0.258. The third-order valence-electron chi connectivity index (χ3n) is 2.00. The van der Waals surface area contributed by atoms with Crippen LogP contribution in [0.3, 0.4) is 0 Å². The van der Waals surface area contributed by atoms with Gasteiger partial charge in [0.25, 0.3) is 0 Å². The van der Waals surface area contributed by atoms with Crippen molar-refractivity contribution in [3.8, 4) is 5.75 Å². The van der Waals surface area contributed by atoms with Gasteiger partial charge in [-0.15, -0.1) is 0 Å². The Labute approximate surface area is 75.5 Å². The third-order valence-corrected chi connectivity index (χ3v) is 2.00. The zero-order chi connectivity index (χ0) is 9.26. The van der Waals surface area contributed by atoms with Crippen LogP contribution in [-0.4, -0.2) is 10.1 Å². The molecule has 1 heterocycles. The summed E-state index contributed by atoms with van der Waals surface area (Å²) >= 11 is 0. The van der Waals surface area contributed by atoms with E-state index < -0.39 is 0 Å². The van der Waals surface area contributed by atoms with Gasteiger partial charge < -0.3 is 15.8 Å². The van der Waals surface area contributed by atoms with Gasteiger partial charge in [0.2, 0.25) is 0 Å². The van der Waals surface area contributed by atoms with E-state index >= 15 is 0 Å². The number of hydrogen-bond acceptors (Lipinski definition) is 2. The van der Waals surface area contributed by atoms with Gasteiger partial charge >= 0.3 is 0 Å². The largest absolute Gasteiger partial charge is 0.506 e. The van der Waals surface area contributed by atoms with E-state index in [1.54, 1.807) is 18.2 Å². The molecule has 0 unspecified atom stereocenters. The molecule has 1 aromatic heterocycles. The predicted octanol–water partition coefficient (Wildman–Crippen LogP) is 1.80. The summed E-state index contributed by atoms with van der Waals surface area (Å²) in [5, 5.41) is 10.4. The monoisotopic (exact) mass is 174 g/mol. The van der Waals surface area contributed by atoms with E-state index in [0.29, 0.717) is 0 Å². The number of hydrogen-bond donors (Lipinski definition) is 3. The smallest absolute Gasteiger partial charge is 0.139 e. The molecular weight excluding hydrogens is 164 g/mol. The van der Waals surface area contributed by atoms with E-state index in [9.17, 15) is 5.11 Å². The summed E-state index contributed by atoms with van der Waals surface area (Å²) in [6.45, 7) is 0. The van der Waals surface area contributed by atoms with Gasteiger partial charge in [0.1, 0.15) is 5.75 Å². The molecule has 0 bridgehead atoms. The Kier molecular flexibility index (Phi) is 1.70. The van der Waals surface area contributed by atoms with Crippen LogP contribution in [0.2, 0.25) is 0 Å². The molecular formula is C10H10N2O. The number of aromatic nitrogens is 1. The van der Waals surface area contributed by atoms with E-state index in [1.807, 2.05) is 12.3 Å². The lowest BCUT2D eigenvalue weighted by Gasteiger charge is -1.93. The quantitative estimate of drug-likeness (QED) is 0.617. The topological polar surface area (TPSA) is 62.0 Å². The molecule has 0 aliphatic rings. The van der Waals surface area contributed by atoms with Crippen LogP contribution >= 0.6 is 0 Å². The summed E-state index contributed by atoms with van der Waals surface area (Å²) in [7, 11) is 0. The lowest BCUT2D eigenvalue weighted by atomic mass is 10.1. The fourth-order valence-electron chi connectivity index (χ4n) is 1.40. The van der Waals surface area contributed by atoms with E-state index in [-0.39, 0.29) is 5.75 Å². The van der Waals surface area contributed by atoms with Crippen molar-refractivity contribution in [1.82, 2.24) is 4.98 Å². The lowest BCUT2D eigenvalue weighted by Crippen LogP contribution is -1.75. The Hall–Kier alpha value is -1.90. The number of phenols is 1. The molecule has 0 aliphatic heterocycles. The molecule has 0 radical (unpaired) electrons. The van der Waals surface area contributed by atoms with E-state index in [2.05, 4.69) is 4.98 Å². The van der Waals surface area contributed by atoms with Crippen molar-refractivity contribution in [2.24, 2.45) is 5.73 Å². The number of phenolic OH excluding ortho intramolecular Hbond substituents is 1. The Morgan fingerprint density at radius 2 is 2.23 bits per heavy atom. The second-order valence-corrected chi connectivity index (χ2v) is 2.80. The van der Waals surface area contributed by atoms with Crippen molar-refractivity contribution >= 4 is 17.0 Å². The van der Waals surface area contributed by atoms with Gasteiger partial charge in [-0.05, 0) is 18.3 Å². The molecule has 0 saturated carbocycles. The summed E-state index contributed by atoms with van der Waals surface area (Å²) in [5.41, 5.74) is 7.02. The summed E-state index contributed by atoms with van der Waals surface area (Å²) in [6.07, 6.45) is 5.08. The molecule has 0 amide bonds. The molecule has 2 aromatic rings. The number of nitrogens with one attached hydrogen (secondary N) is 1. The average molecular weight is 174 g/mol. The van der Waals surface area contributed by atoms with Gasteiger partial charge in [0.15, 0.2) is 0 Å². The number of para-hydroxylation sites is 1. The molecule has 4 N–H and O–H groups in total. The van der Waals surface area contributed by atoms with Gasteiger partial charge in [0, 0.05) is 17.1 Å². The maximum atomic E-state index is 9.47. The summed E-state index contributed by atoms with van der Waals surface area (Å²) in [5.74, 6) is 0.258. The molecule has 0 spiro atoms. The van der Waals surface area contributed by atoms with Crippen molar-refractivity contribution in [2.75, 3.05) is 0 Å². The van der Waals surface area contributed by atoms with E-state index in [0.717, 1.165) is 16.5 Å². The third kappa shape index (κ3) is 1.14. The number of aromatic hydroxyl groups is 1. The number of fused-ring (bicyclic) bond motifs is 1. The fraction of sp³-hybridized carbons (Fsp3) is 0. The summed E-state index contributed by atoms with van der Waals surface area (Å²) in [6, 6.07) is 5.38. The maximum Gasteiger partial charge on any atom is 0.139 e. The first kappa shape index (κ1) is 7.73. The van der Waals surface area contributed by atoms with Crippen LogP contribution in [0.5, 0.6) is 5.75 Å². The SMILES string of the molecule is N/C=C\c1c[nH]c2c(O)cccc12. The number of nitrogens with two attached hydrogens (primary N) is 1. The summed E-state index contributed by atoms with van der Waals surface area (Å²) < 4.78 is 0. The first-order valence-electron chi connectivity index (χ1n) is 4.00. The molecule has 0 saturated heterocycles. The molecule has 3 heteroatoms. The first-order valence-corrected chi connectivity index (χ1v) is 4.00. The lowest BCUT2D eigenvalue weighted by molar-refractivity contribution is 0.480. The van der Waals surface area contributed by atoms with Crippen LogP contribution in [0.15, 0.2) is 30.6 Å². The number of aromatic amines is 1. The number of H-pyrrole nitrogens is 1. The second kappa shape index (κ2) is 2.86. The average Bonchev–Trinajstić information content (AvgIpc) is 2.51. The highest BCUT2D eigenvalue weighted by atomic mass is 16.3. The van der Waals surface area contributed by atoms with Crippen molar-refractivity contribution in [3.63, 3.8) is 0 Å². The minimum Gasteiger partial charge on any atom is -0.506 e. The van der Waals surface area contributed by atoms with Crippen LogP contribution in [0.4, 0.5) is 0 Å². The van der Waals surface area contributed by atoms with Crippen LogP contribution < -0.4 is 5.73 Å². The molecule has 66 valence electrons. The van der Waals surface area contributed by atoms with Crippen LogP contribution in [-0.2, 0) is 0 Å². The normalized spacial score (nSPS) is 11.4. The van der Waals surface area contributed by atoms with Gasteiger partial charge in [-0.25, -0.2) is 0 Å². The molecule has 0 fully saturated rings. The van der Waals surface area contributed by atoms with Crippen LogP contribution in [0.25, 0.3) is 17.0 Å². The standard InChI is InChI=1S/C10H10N2O/c11-5-4-7-6-12-10-8(7)2-1-3-9(10)13/h1-6,12-13H,11H2/b5-4-. The molecule has 3 nitrogen and oxygen atoms in total. The van der Waals surface area contributed by atoms with Crippen LogP contribution in [0, 0.1) is 0 Å². The molecule has 0 atom stereocenters. The van der Waals surface area contributed by atoms with Gasteiger partial charge in [0.05, 0.1) is 5.52 Å². The van der Waals surface area contributed by atoms with Crippen LogP contribution in [0.1, 0.15) is 5.56 Å². The van der Waals surface area contributed by atoms with Crippen molar-refractivity contribution < 1.29 is 5.11 Å². The van der Waals surface area contributed by atoms with E-state index in [1.165, 1.54) is 6.20 Å². The fourth-order valence-corrected chi connectivity index (χ4v) is 1.40. The molecule has 0 aliphatic carbocycles. The Morgan fingerprint density at radius 1 is 1.38 bits per heavy atom. The minimum absolute atomic E-state index is 0.258. The summed E-state index contributed by atoms with van der Waals surface area (Å²) in [4.78, 5) is 2.98. The van der Waals surface area contributed by atoms with E-state index in [4.69, 9.17) is 5.73 Å². The second-order valence-electron chi connectivity index (χ2n) is 2.80. The highest BCUT2D eigenvalue weighted by Crippen LogP contribution is 2.26. The Balaban J connectivity index is 2.75. The predicted molar refractivity (Wildman–Crippen MR) is 53.2 cm³/mol. The Morgan fingerprint density at radius 3 is 3.00 bits per heavy atom. The van der Waals surface area contributed by atoms with Crippen molar-refractivity contribution in [3.05, 3.63) is 36.2 Å². The maximum absolute atomic E-state index is 9.47. The highest BCUT2D eigenvalue weighted by molar-refractivity contribution is 5.92. The van der Waals surface area contributed by atoms with Gasteiger partial charge in [-0.3, -0.25) is 0 Å². The zero-order valence-corrected chi connectivity index (χ0v) is 6.99. The first-order chi connectivity index (χ1) is 6.33.